The summed E-state index contributed by atoms with van der Waals surface area (Å²) < 4.78 is 17.9. The Bertz CT molecular complexity index is 518. The molecule has 0 unspecified atom stereocenters. The summed E-state index contributed by atoms with van der Waals surface area (Å²) in [5.74, 6) is -0.561. The van der Waals surface area contributed by atoms with Gasteiger partial charge in [-0.25, -0.2) is 4.39 Å². The van der Waals surface area contributed by atoms with Crippen LogP contribution in [-0.4, -0.2) is 0 Å². The van der Waals surface area contributed by atoms with Gasteiger partial charge in [0.15, 0.2) is 11.4 Å². The van der Waals surface area contributed by atoms with E-state index in [1.54, 1.807) is 0 Å². The molecule has 2 N–H and O–H groups in total. The van der Waals surface area contributed by atoms with Crippen LogP contribution in [-0.2, 0) is 0 Å². The van der Waals surface area contributed by atoms with Crippen LogP contribution in [0.2, 0.25) is 0 Å². The number of nitrogen functional groups attached to an aromatic ring is 1. The summed E-state index contributed by atoms with van der Waals surface area (Å²) in [4.78, 5) is 11.3. The van der Waals surface area contributed by atoms with Crippen molar-refractivity contribution in [3.8, 4) is 0 Å². The second kappa shape index (κ2) is 2.58. The van der Waals surface area contributed by atoms with Crippen molar-refractivity contribution in [1.82, 2.24) is 0 Å². The van der Waals surface area contributed by atoms with Crippen LogP contribution in [0.1, 0.15) is 0 Å². The summed E-state index contributed by atoms with van der Waals surface area (Å²) in [6, 6.07) is 4.14. The Hall–Kier alpha value is -1.84. The first-order valence-corrected chi connectivity index (χ1v) is 3.65. The number of para-hydroxylation sites is 1. The van der Waals surface area contributed by atoms with Gasteiger partial charge < -0.3 is 10.2 Å². The molecule has 0 radical (unpaired) electrons. The molecule has 1 aromatic carbocycles. The lowest BCUT2D eigenvalue weighted by molar-refractivity contribution is 0.552. The fraction of sp³-hybridized carbons (Fsp3) is 0. The molecule has 0 amide bonds. The van der Waals surface area contributed by atoms with Gasteiger partial charge in [0.1, 0.15) is 12.0 Å². The summed E-state index contributed by atoms with van der Waals surface area (Å²) in [6.07, 6.45) is 1.05. The number of anilines is 1. The third-order valence-corrected chi connectivity index (χ3v) is 1.78. The zero-order valence-electron chi connectivity index (χ0n) is 6.58. The summed E-state index contributed by atoms with van der Waals surface area (Å²) >= 11 is 0. The summed E-state index contributed by atoms with van der Waals surface area (Å²) in [5.41, 5.74) is 4.84. The Kier molecular flexibility index (Phi) is 1.55. The number of rotatable bonds is 0. The first-order valence-electron chi connectivity index (χ1n) is 3.65. The van der Waals surface area contributed by atoms with E-state index in [2.05, 4.69) is 0 Å². The highest BCUT2D eigenvalue weighted by atomic mass is 19.1. The van der Waals surface area contributed by atoms with Gasteiger partial charge in [-0.15, -0.1) is 0 Å². The summed E-state index contributed by atoms with van der Waals surface area (Å²) in [5, 5.41) is 0.167. The average molecular weight is 179 g/mol. The maximum Gasteiger partial charge on any atom is 0.215 e. The highest BCUT2D eigenvalue weighted by Gasteiger charge is 2.07. The van der Waals surface area contributed by atoms with Gasteiger partial charge in [0.25, 0.3) is 0 Å². The van der Waals surface area contributed by atoms with Gasteiger partial charge in [-0.3, -0.25) is 4.79 Å². The number of fused-ring (bicyclic) bond motifs is 1. The van der Waals surface area contributed by atoms with Gasteiger partial charge in [-0.2, -0.15) is 0 Å². The Balaban J connectivity index is 3.03. The van der Waals surface area contributed by atoms with Crippen LogP contribution in [0.3, 0.4) is 0 Å². The molecule has 1 aromatic heterocycles. The standard InChI is InChI=1S/C9H6FNO2/c10-6-3-1-2-5-8(12)7(11)4-13-9(5)6/h1-4H,11H2. The third-order valence-electron chi connectivity index (χ3n) is 1.78. The minimum atomic E-state index is -0.561. The van der Waals surface area contributed by atoms with Crippen LogP contribution >= 0.6 is 0 Å². The monoisotopic (exact) mass is 179 g/mol. The van der Waals surface area contributed by atoms with Crippen molar-refractivity contribution in [3.05, 3.63) is 40.5 Å². The second-order valence-corrected chi connectivity index (χ2v) is 2.64. The zero-order chi connectivity index (χ0) is 9.42. The molecular weight excluding hydrogens is 173 g/mol. The maximum absolute atomic E-state index is 13.0. The molecule has 0 saturated carbocycles. The van der Waals surface area contributed by atoms with Crippen molar-refractivity contribution in [2.75, 3.05) is 5.73 Å². The molecule has 3 nitrogen and oxygen atoms in total. The molecule has 0 bridgehead atoms. The van der Waals surface area contributed by atoms with E-state index in [1.807, 2.05) is 0 Å². The van der Waals surface area contributed by atoms with E-state index in [0.717, 1.165) is 6.26 Å². The van der Waals surface area contributed by atoms with E-state index in [-0.39, 0.29) is 16.7 Å². The summed E-state index contributed by atoms with van der Waals surface area (Å²) in [6.45, 7) is 0. The van der Waals surface area contributed by atoms with Crippen molar-refractivity contribution < 1.29 is 8.81 Å². The Morgan fingerprint density at radius 3 is 2.92 bits per heavy atom. The zero-order valence-corrected chi connectivity index (χ0v) is 6.58. The molecule has 1 heterocycles. The number of hydrogen-bond acceptors (Lipinski definition) is 3. The van der Waals surface area contributed by atoms with Crippen molar-refractivity contribution in [1.29, 1.82) is 0 Å². The number of halogens is 1. The van der Waals surface area contributed by atoms with E-state index >= 15 is 0 Å². The molecule has 2 rings (SSSR count). The molecule has 0 aliphatic rings. The van der Waals surface area contributed by atoms with Gasteiger partial charge in [-0.05, 0) is 12.1 Å². The minimum Gasteiger partial charge on any atom is -0.459 e. The first-order chi connectivity index (χ1) is 6.20. The van der Waals surface area contributed by atoms with E-state index in [9.17, 15) is 9.18 Å². The number of nitrogens with two attached hydrogens (primary N) is 1. The Morgan fingerprint density at radius 2 is 2.15 bits per heavy atom. The van der Waals surface area contributed by atoms with Crippen LogP contribution in [0.5, 0.6) is 0 Å². The Morgan fingerprint density at radius 1 is 1.38 bits per heavy atom. The lowest BCUT2D eigenvalue weighted by Crippen LogP contribution is -2.07. The highest BCUT2D eigenvalue weighted by Crippen LogP contribution is 2.15. The molecule has 0 spiro atoms. The second-order valence-electron chi connectivity index (χ2n) is 2.64. The molecule has 0 atom stereocenters. The van der Waals surface area contributed by atoms with Crippen molar-refractivity contribution >= 4 is 16.7 Å². The van der Waals surface area contributed by atoms with Gasteiger partial charge in [0.2, 0.25) is 5.43 Å². The van der Waals surface area contributed by atoms with Gasteiger partial charge in [-0.1, -0.05) is 6.07 Å². The lowest BCUT2D eigenvalue weighted by Gasteiger charge is -1.97. The maximum atomic E-state index is 13.0. The normalized spacial score (nSPS) is 10.5. The highest BCUT2D eigenvalue weighted by molar-refractivity contribution is 5.79. The van der Waals surface area contributed by atoms with Crippen molar-refractivity contribution in [3.63, 3.8) is 0 Å². The van der Waals surface area contributed by atoms with Gasteiger partial charge >= 0.3 is 0 Å². The van der Waals surface area contributed by atoms with Crippen LogP contribution in [0.4, 0.5) is 10.1 Å². The number of hydrogen-bond donors (Lipinski definition) is 1. The molecule has 0 aliphatic carbocycles. The molecule has 66 valence electrons. The first kappa shape index (κ1) is 7.79. The average Bonchev–Trinajstić information content (AvgIpc) is 2.12. The van der Waals surface area contributed by atoms with Crippen LogP contribution in [0.15, 0.2) is 33.7 Å². The molecule has 0 aliphatic heterocycles. The van der Waals surface area contributed by atoms with Crippen molar-refractivity contribution in [2.45, 2.75) is 0 Å². The third kappa shape index (κ3) is 1.07. The van der Waals surface area contributed by atoms with Crippen molar-refractivity contribution in [2.24, 2.45) is 0 Å². The number of benzene rings is 1. The van der Waals surface area contributed by atoms with E-state index in [1.165, 1.54) is 18.2 Å². The van der Waals surface area contributed by atoms with E-state index < -0.39 is 11.2 Å². The largest absolute Gasteiger partial charge is 0.459 e. The fourth-order valence-electron chi connectivity index (χ4n) is 1.14. The van der Waals surface area contributed by atoms with Crippen LogP contribution in [0, 0.1) is 5.82 Å². The molecule has 0 fully saturated rings. The molecule has 0 saturated heterocycles. The molecule has 4 heteroatoms. The SMILES string of the molecule is Nc1coc2c(F)cccc2c1=O. The van der Waals surface area contributed by atoms with Gasteiger partial charge in [0.05, 0.1) is 5.39 Å². The predicted molar refractivity (Wildman–Crippen MR) is 46.9 cm³/mol. The Labute approximate surface area is 72.6 Å². The van der Waals surface area contributed by atoms with Gasteiger partial charge in [0, 0.05) is 0 Å². The topological polar surface area (TPSA) is 56.2 Å². The minimum absolute atomic E-state index is 0.0156. The smallest absolute Gasteiger partial charge is 0.215 e. The molecule has 13 heavy (non-hydrogen) atoms. The fourth-order valence-corrected chi connectivity index (χ4v) is 1.14. The quantitative estimate of drug-likeness (QED) is 0.666. The molecule has 2 aromatic rings. The van der Waals surface area contributed by atoms with E-state index in [4.69, 9.17) is 10.2 Å². The van der Waals surface area contributed by atoms with E-state index in [0.29, 0.717) is 0 Å². The molecular formula is C9H6FNO2. The van der Waals surface area contributed by atoms with Crippen LogP contribution in [0.25, 0.3) is 11.0 Å². The summed E-state index contributed by atoms with van der Waals surface area (Å²) in [7, 11) is 0. The lowest BCUT2D eigenvalue weighted by atomic mass is 10.2. The van der Waals surface area contributed by atoms with Crippen LogP contribution < -0.4 is 11.2 Å². The predicted octanol–water partition coefficient (Wildman–Crippen LogP) is 1.51.